The molecule has 4 saturated carbocycles. The molecule has 0 aliphatic heterocycles. The Labute approximate surface area is 203 Å². The van der Waals surface area contributed by atoms with Crippen LogP contribution in [0.15, 0.2) is 29.2 Å². The van der Waals surface area contributed by atoms with Gasteiger partial charge in [-0.2, -0.15) is 8.42 Å². The normalized spacial score (nSPS) is 40.2. The maximum absolute atomic E-state index is 13.5. The lowest BCUT2D eigenvalue weighted by Gasteiger charge is -2.60. The third-order valence-corrected chi connectivity index (χ3v) is 12.9. The van der Waals surface area contributed by atoms with Crippen molar-refractivity contribution >= 4 is 25.9 Å². The standard InChI is InChI=1S/C25H35NO6S2/c1-24-12-10-17(27)14-16(24)6-7-20-21-8-9-23(25(21,2)13-11-22(20)24)34(30,31)32-18-4-3-5-19(15-18)33(26,28)29/h3-5,15-16,20-23H,6-14H2,1-2H3,(H2,26,28,29)/t16?,20?,21?,22?,23-,24-,25-/m0/s1. The van der Waals surface area contributed by atoms with Gasteiger partial charge in [0.1, 0.15) is 16.8 Å². The van der Waals surface area contributed by atoms with Gasteiger partial charge >= 0.3 is 10.1 Å². The van der Waals surface area contributed by atoms with Crippen molar-refractivity contribution in [2.75, 3.05) is 0 Å². The zero-order chi connectivity index (χ0) is 24.5. The van der Waals surface area contributed by atoms with E-state index in [0.29, 0.717) is 48.7 Å². The Hall–Kier alpha value is -1.45. The molecule has 1 aromatic carbocycles. The summed E-state index contributed by atoms with van der Waals surface area (Å²) in [5.74, 6) is 2.20. The molecule has 0 heterocycles. The number of hydrogen-bond donors (Lipinski definition) is 1. The van der Waals surface area contributed by atoms with Crippen LogP contribution in [0.2, 0.25) is 0 Å². The van der Waals surface area contributed by atoms with Crippen molar-refractivity contribution in [1.82, 2.24) is 0 Å². The number of Topliss-reactive ketones (excluding diaryl/α,β-unsaturated/α-hetero) is 1. The lowest BCUT2D eigenvalue weighted by molar-refractivity contribution is -0.137. The molecule has 0 amide bonds. The summed E-state index contributed by atoms with van der Waals surface area (Å²) in [6.07, 6.45) is 7.73. The number of fused-ring (bicyclic) bond motifs is 5. The molecule has 4 aliphatic carbocycles. The summed E-state index contributed by atoms with van der Waals surface area (Å²) in [5.41, 5.74) is -0.189. The molecule has 0 saturated heterocycles. The molecule has 4 aliphatic rings. The molecule has 7 nitrogen and oxygen atoms in total. The first-order chi connectivity index (χ1) is 15.8. The molecule has 0 bridgehead atoms. The van der Waals surface area contributed by atoms with E-state index in [-0.39, 0.29) is 21.5 Å². The monoisotopic (exact) mass is 509 g/mol. The Balaban J connectivity index is 1.39. The molecule has 34 heavy (non-hydrogen) atoms. The van der Waals surface area contributed by atoms with Crippen molar-refractivity contribution in [3.8, 4) is 5.75 Å². The average Bonchev–Trinajstić information content (AvgIpc) is 3.12. The molecule has 1 aromatic rings. The van der Waals surface area contributed by atoms with Gasteiger partial charge in [0.15, 0.2) is 0 Å². The van der Waals surface area contributed by atoms with Gasteiger partial charge < -0.3 is 4.18 Å². The van der Waals surface area contributed by atoms with Crippen LogP contribution in [0, 0.1) is 34.5 Å². The summed E-state index contributed by atoms with van der Waals surface area (Å²) in [4.78, 5) is 11.9. The highest BCUT2D eigenvalue weighted by Crippen LogP contribution is 2.66. The van der Waals surface area contributed by atoms with E-state index >= 15 is 0 Å². The summed E-state index contributed by atoms with van der Waals surface area (Å²) >= 11 is 0. The molecule has 0 aromatic heterocycles. The van der Waals surface area contributed by atoms with Gasteiger partial charge in [0.2, 0.25) is 10.0 Å². The van der Waals surface area contributed by atoms with Crippen LogP contribution in [0.4, 0.5) is 0 Å². The van der Waals surface area contributed by atoms with E-state index in [1.54, 1.807) is 0 Å². The third-order valence-electron chi connectivity index (χ3n) is 10.1. The number of ketones is 1. The summed E-state index contributed by atoms with van der Waals surface area (Å²) in [6, 6.07) is 5.37. The van der Waals surface area contributed by atoms with Gasteiger partial charge in [-0.3, -0.25) is 4.79 Å². The molecule has 4 fully saturated rings. The molecular formula is C25H35NO6S2. The Morgan fingerprint density at radius 1 is 0.941 bits per heavy atom. The molecule has 9 heteroatoms. The second-order valence-corrected chi connectivity index (χ2v) is 14.9. The van der Waals surface area contributed by atoms with Crippen LogP contribution in [0.25, 0.3) is 0 Å². The SMILES string of the molecule is C[C@]12CCC(=O)CC1CCC1C2CC[C@@]2(C)C1CC[C@@H]2S(=O)(=O)Oc1cccc(S(N)(=O)=O)c1. The van der Waals surface area contributed by atoms with Gasteiger partial charge in [-0.1, -0.05) is 19.9 Å². The maximum Gasteiger partial charge on any atom is 0.312 e. The van der Waals surface area contributed by atoms with Crippen LogP contribution in [-0.2, 0) is 24.9 Å². The lowest BCUT2D eigenvalue weighted by atomic mass is 9.45. The molecule has 0 spiro atoms. The summed E-state index contributed by atoms with van der Waals surface area (Å²) in [7, 11) is -7.93. The van der Waals surface area contributed by atoms with Crippen LogP contribution in [0.1, 0.15) is 71.6 Å². The molecule has 7 atom stereocenters. The smallest absolute Gasteiger partial charge is 0.312 e. The highest BCUT2D eigenvalue weighted by Gasteiger charge is 2.62. The fourth-order valence-corrected chi connectivity index (χ4v) is 10.8. The Morgan fingerprint density at radius 2 is 1.68 bits per heavy atom. The van der Waals surface area contributed by atoms with Crippen LogP contribution in [0.3, 0.4) is 0 Å². The van der Waals surface area contributed by atoms with E-state index in [0.717, 1.165) is 38.5 Å². The number of sulfonamides is 1. The first-order valence-corrected chi connectivity index (χ1v) is 15.4. The zero-order valence-corrected chi connectivity index (χ0v) is 21.5. The lowest BCUT2D eigenvalue weighted by Crippen LogP contribution is -2.54. The highest BCUT2D eigenvalue weighted by atomic mass is 32.2. The van der Waals surface area contributed by atoms with Gasteiger partial charge in [0.05, 0.1) is 4.90 Å². The average molecular weight is 510 g/mol. The molecule has 5 rings (SSSR count). The number of rotatable bonds is 4. The van der Waals surface area contributed by atoms with Gasteiger partial charge in [-0.15, -0.1) is 0 Å². The fraction of sp³-hybridized carbons (Fsp3) is 0.720. The first kappa shape index (κ1) is 24.3. The van der Waals surface area contributed by atoms with E-state index in [1.165, 1.54) is 24.3 Å². The van der Waals surface area contributed by atoms with Gasteiger partial charge in [0, 0.05) is 18.9 Å². The molecular weight excluding hydrogens is 474 g/mol. The van der Waals surface area contributed by atoms with Gasteiger partial charge in [-0.05, 0) is 91.6 Å². The molecule has 2 N–H and O–H groups in total. The van der Waals surface area contributed by atoms with E-state index < -0.39 is 25.4 Å². The quantitative estimate of drug-likeness (QED) is 0.612. The van der Waals surface area contributed by atoms with E-state index in [4.69, 9.17) is 9.32 Å². The number of hydrogen-bond acceptors (Lipinski definition) is 6. The predicted octanol–water partition coefficient (Wildman–Crippen LogP) is 4.02. The third kappa shape index (κ3) is 3.82. The Morgan fingerprint density at radius 3 is 2.41 bits per heavy atom. The largest absolute Gasteiger partial charge is 0.382 e. The second kappa shape index (κ2) is 8.03. The Kier molecular flexibility index (Phi) is 5.73. The number of nitrogens with two attached hydrogens (primary N) is 1. The minimum Gasteiger partial charge on any atom is -0.382 e. The van der Waals surface area contributed by atoms with Crippen LogP contribution in [0.5, 0.6) is 5.75 Å². The summed E-state index contributed by atoms with van der Waals surface area (Å²) in [6.45, 7) is 4.50. The molecule has 188 valence electrons. The van der Waals surface area contributed by atoms with Crippen molar-refractivity contribution in [3.63, 3.8) is 0 Å². The minimum atomic E-state index is -3.97. The van der Waals surface area contributed by atoms with Crippen molar-refractivity contribution in [2.24, 2.45) is 39.6 Å². The van der Waals surface area contributed by atoms with Crippen molar-refractivity contribution in [3.05, 3.63) is 24.3 Å². The van der Waals surface area contributed by atoms with E-state index in [2.05, 4.69) is 13.8 Å². The van der Waals surface area contributed by atoms with E-state index in [9.17, 15) is 21.6 Å². The summed E-state index contributed by atoms with van der Waals surface area (Å²) in [5, 5.41) is 4.57. The first-order valence-electron chi connectivity index (χ1n) is 12.4. The number of carbonyl (C=O) groups is 1. The second-order valence-electron chi connectivity index (χ2n) is 11.6. The van der Waals surface area contributed by atoms with Crippen LogP contribution in [-0.4, -0.2) is 27.9 Å². The van der Waals surface area contributed by atoms with Crippen molar-refractivity contribution in [2.45, 2.75) is 81.8 Å². The fourth-order valence-electron chi connectivity index (χ4n) is 8.37. The minimum absolute atomic E-state index is 0.0212. The number of carbonyl (C=O) groups excluding carboxylic acids is 1. The van der Waals surface area contributed by atoms with Crippen LogP contribution >= 0.6 is 0 Å². The van der Waals surface area contributed by atoms with Crippen molar-refractivity contribution in [1.29, 1.82) is 0 Å². The summed E-state index contributed by atoms with van der Waals surface area (Å²) < 4.78 is 55.8. The maximum atomic E-state index is 13.5. The topological polar surface area (TPSA) is 121 Å². The van der Waals surface area contributed by atoms with E-state index in [1.807, 2.05) is 0 Å². The molecule has 0 radical (unpaired) electrons. The molecule has 4 unspecified atom stereocenters. The van der Waals surface area contributed by atoms with Gasteiger partial charge in [0.25, 0.3) is 0 Å². The highest BCUT2D eigenvalue weighted by molar-refractivity contribution is 7.89. The van der Waals surface area contributed by atoms with Crippen LogP contribution < -0.4 is 9.32 Å². The Bertz CT molecular complexity index is 1210. The number of benzene rings is 1. The zero-order valence-electron chi connectivity index (χ0n) is 19.9. The van der Waals surface area contributed by atoms with Gasteiger partial charge in [-0.25, -0.2) is 13.6 Å². The van der Waals surface area contributed by atoms with Crippen molar-refractivity contribution < 1.29 is 25.8 Å². The number of primary sulfonamides is 1. The predicted molar refractivity (Wildman–Crippen MR) is 128 cm³/mol.